The summed E-state index contributed by atoms with van der Waals surface area (Å²) in [6, 6.07) is 16.2. The summed E-state index contributed by atoms with van der Waals surface area (Å²) in [5.41, 5.74) is 8.69. The molecule has 1 aliphatic heterocycles. The second-order valence-corrected chi connectivity index (χ2v) is 7.40. The van der Waals surface area contributed by atoms with Crippen LogP contribution in [0.1, 0.15) is 24.1 Å². The molecule has 1 aromatic heterocycles. The molecule has 4 N–H and O–H groups in total. The van der Waals surface area contributed by atoms with Crippen LogP contribution in [-0.2, 0) is 10.5 Å². The number of hydrogen-bond donors (Lipinski definition) is 3. The second kappa shape index (κ2) is 7.40. The number of amides is 1. The molecule has 7 nitrogen and oxygen atoms in total. The lowest BCUT2D eigenvalue weighted by Crippen LogP contribution is -2.31. The number of nitrogens with one attached hydrogen (secondary N) is 1. The topological polar surface area (TPSA) is 106 Å². The van der Waals surface area contributed by atoms with Crippen LogP contribution in [0, 0.1) is 0 Å². The standard InChI is InChI=1S/C20H19N5O2S/c1-12-16(18(21)27)17(14-7-9-15(26)10-8-14)25-19(22-12)23-20(24-25)28-11-13-5-3-2-4-6-13/h2-10,17,26H,11H2,1H3,(H2,21,27)(H,22,23,24)/t17-/m0/s1. The van der Waals surface area contributed by atoms with Gasteiger partial charge in [-0.3, -0.25) is 4.79 Å². The summed E-state index contributed by atoms with van der Waals surface area (Å²) < 4.78 is 1.67. The number of carbonyl (C=O) groups excluding carboxylic acids is 1. The summed E-state index contributed by atoms with van der Waals surface area (Å²) in [5, 5.41) is 18.0. The zero-order valence-electron chi connectivity index (χ0n) is 15.2. The molecule has 2 aromatic carbocycles. The Kier molecular flexibility index (Phi) is 4.79. The third-order valence-electron chi connectivity index (χ3n) is 4.52. The van der Waals surface area contributed by atoms with Crippen molar-refractivity contribution in [3.63, 3.8) is 0 Å². The molecule has 8 heteroatoms. The van der Waals surface area contributed by atoms with Gasteiger partial charge in [0, 0.05) is 11.4 Å². The fourth-order valence-corrected chi connectivity index (χ4v) is 3.98. The largest absolute Gasteiger partial charge is 0.508 e. The van der Waals surface area contributed by atoms with Crippen molar-refractivity contribution in [2.75, 3.05) is 5.32 Å². The van der Waals surface area contributed by atoms with Gasteiger partial charge in [0.2, 0.25) is 17.0 Å². The van der Waals surface area contributed by atoms with Gasteiger partial charge >= 0.3 is 0 Å². The number of phenols is 1. The predicted molar refractivity (Wildman–Crippen MR) is 108 cm³/mol. The van der Waals surface area contributed by atoms with Crippen molar-refractivity contribution in [3.05, 3.63) is 77.0 Å². The van der Waals surface area contributed by atoms with Crippen molar-refractivity contribution in [2.24, 2.45) is 5.73 Å². The lowest BCUT2D eigenvalue weighted by atomic mass is 9.95. The lowest BCUT2D eigenvalue weighted by Gasteiger charge is -2.27. The molecule has 28 heavy (non-hydrogen) atoms. The molecule has 0 bridgehead atoms. The van der Waals surface area contributed by atoms with Crippen molar-refractivity contribution in [1.82, 2.24) is 14.8 Å². The van der Waals surface area contributed by atoms with Gasteiger partial charge in [0.25, 0.3) is 0 Å². The third kappa shape index (κ3) is 3.46. The summed E-state index contributed by atoms with van der Waals surface area (Å²) in [5.74, 6) is 0.916. The number of hydrogen-bond acceptors (Lipinski definition) is 6. The van der Waals surface area contributed by atoms with Gasteiger partial charge in [0.15, 0.2) is 0 Å². The molecule has 0 saturated heterocycles. The number of aromatic hydroxyl groups is 1. The van der Waals surface area contributed by atoms with Gasteiger partial charge in [-0.1, -0.05) is 54.2 Å². The Morgan fingerprint density at radius 2 is 1.93 bits per heavy atom. The summed E-state index contributed by atoms with van der Waals surface area (Å²) in [4.78, 5) is 16.7. The molecule has 0 radical (unpaired) electrons. The number of rotatable bonds is 5. The molecule has 1 amide bonds. The first-order chi connectivity index (χ1) is 13.5. The van der Waals surface area contributed by atoms with E-state index in [9.17, 15) is 9.90 Å². The first kappa shape index (κ1) is 18.1. The molecule has 142 valence electrons. The maximum Gasteiger partial charge on any atom is 0.248 e. The van der Waals surface area contributed by atoms with E-state index in [2.05, 4.69) is 27.5 Å². The fraction of sp³-hybridized carbons (Fsp3) is 0.150. The summed E-state index contributed by atoms with van der Waals surface area (Å²) in [7, 11) is 0. The first-order valence-electron chi connectivity index (χ1n) is 8.72. The van der Waals surface area contributed by atoms with Crippen LogP contribution in [0.3, 0.4) is 0 Å². The Balaban J connectivity index is 1.69. The zero-order valence-corrected chi connectivity index (χ0v) is 16.0. The number of anilines is 1. The third-order valence-corrected chi connectivity index (χ3v) is 5.43. The van der Waals surface area contributed by atoms with Crippen molar-refractivity contribution in [2.45, 2.75) is 23.9 Å². The van der Waals surface area contributed by atoms with E-state index in [0.29, 0.717) is 22.4 Å². The average Bonchev–Trinajstić information content (AvgIpc) is 3.09. The number of primary amides is 1. The molecule has 1 aliphatic rings. The Morgan fingerprint density at radius 3 is 2.61 bits per heavy atom. The van der Waals surface area contributed by atoms with Gasteiger partial charge in [0.05, 0.1) is 5.57 Å². The Hall–Kier alpha value is -3.26. The maximum absolute atomic E-state index is 12.2. The minimum Gasteiger partial charge on any atom is -0.508 e. The van der Waals surface area contributed by atoms with E-state index in [0.717, 1.165) is 11.3 Å². The van der Waals surface area contributed by atoms with E-state index in [-0.39, 0.29) is 5.75 Å². The van der Waals surface area contributed by atoms with Crippen LogP contribution in [0.25, 0.3) is 0 Å². The minimum atomic E-state index is -0.525. The number of nitrogens with two attached hydrogens (primary N) is 1. The number of fused-ring (bicyclic) bond motifs is 1. The van der Waals surface area contributed by atoms with E-state index in [1.165, 1.54) is 17.3 Å². The monoisotopic (exact) mass is 393 g/mol. The number of carbonyl (C=O) groups is 1. The van der Waals surface area contributed by atoms with Gasteiger partial charge in [-0.25, -0.2) is 4.68 Å². The normalized spacial score (nSPS) is 15.8. The number of phenolic OH excluding ortho intramolecular Hbond substituents is 1. The molecular weight excluding hydrogens is 374 g/mol. The predicted octanol–water partition coefficient (Wildman–Crippen LogP) is 3.05. The average molecular weight is 393 g/mol. The van der Waals surface area contributed by atoms with Gasteiger partial charge in [-0.05, 0) is 30.2 Å². The minimum absolute atomic E-state index is 0.150. The highest BCUT2D eigenvalue weighted by atomic mass is 32.2. The first-order valence-corrected chi connectivity index (χ1v) is 9.71. The van der Waals surface area contributed by atoms with Crippen molar-refractivity contribution >= 4 is 23.6 Å². The zero-order chi connectivity index (χ0) is 19.7. The van der Waals surface area contributed by atoms with Gasteiger partial charge in [0.1, 0.15) is 11.8 Å². The van der Waals surface area contributed by atoms with E-state index in [4.69, 9.17) is 5.73 Å². The number of aromatic nitrogens is 3. The molecule has 4 rings (SSSR count). The van der Waals surface area contributed by atoms with E-state index in [1.54, 1.807) is 35.9 Å². The molecule has 0 unspecified atom stereocenters. The van der Waals surface area contributed by atoms with Crippen LogP contribution in [0.4, 0.5) is 5.95 Å². The number of nitrogens with zero attached hydrogens (tertiary/aromatic N) is 3. The maximum atomic E-state index is 12.2. The molecule has 0 fully saturated rings. The number of benzene rings is 2. The van der Waals surface area contributed by atoms with Crippen molar-refractivity contribution in [1.29, 1.82) is 0 Å². The summed E-state index contributed by atoms with van der Waals surface area (Å²) in [6.45, 7) is 1.79. The highest BCUT2D eigenvalue weighted by molar-refractivity contribution is 7.98. The quantitative estimate of drug-likeness (QED) is 0.575. The van der Waals surface area contributed by atoms with Crippen LogP contribution in [0.15, 0.2) is 71.0 Å². The fourth-order valence-electron chi connectivity index (χ4n) is 3.20. The van der Waals surface area contributed by atoms with Gasteiger partial charge in [-0.15, -0.1) is 5.10 Å². The van der Waals surface area contributed by atoms with Crippen LogP contribution in [-0.4, -0.2) is 25.8 Å². The van der Waals surface area contributed by atoms with Gasteiger partial charge in [-0.2, -0.15) is 4.98 Å². The summed E-state index contributed by atoms with van der Waals surface area (Å²) in [6.07, 6.45) is 0. The molecule has 0 saturated carbocycles. The van der Waals surface area contributed by atoms with Crippen LogP contribution >= 0.6 is 11.8 Å². The van der Waals surface area contributed by atoms with Crippen LogP contribution in [0.2, 0.25) is 0 Å². The molecule has 0 spiro atoms. The molecule has 1 atom stereocenters. The molecule has 0 aliphatic carbocycles. The SMILES string of the molecule is CC1=C(C(N)=O)[C@H](c2ccc(O)cc2)n2nc(SCc3ccccc3)nc2N1. The molecule has 2 heterocycles. The van der Waals surface area contributed by atoms with E-state index in [1.807, 2.05) is 18.2 Å². The molecular formula is C20H19N5O2S. The summed E-state index contributed by atoms with van der Waals surface area (Å²) >= 11 is 1.52. The molecule has 3 aromatic rings. The Labute approximate surface area is 166 Å². The van der Waals surface area contributed by atoms with E-state index < -0.39 is 11.9 Å². The van der Waals surface area contributed by atoms with Crippen molar-refractivity contribution in [3.8, 4) is 5.75 Å². The highest BCUT2D eigenvalue weighted by Crippen LogP contribution is 2.36. The van der Waals surface area contributed by atoms with Crippen molar-refractivity contribution < 1.29 is 9.90 Å². The lowest BCUT2D eigenvalue weighted by molar-refractivity contribution is -0.115. The van der Waals surface area contributed by atoms with Crippen LogP contribution in [0.5, 0.6) is 5.75 Å². The van der Waals surface area contributed by atoms with E-state index >= 15 is 0 Å². The van der Waals surface area contributed by atoms with Crippen LogP contribution < -0.4 is 11.1 Å². The highest BCUT2D eigenvalue weighted by Gasteiger charge is 2.33. The second-order valence-electron chi connectivity index (χ2n) is 6.46. The Morgan fingerprint density at radius 1 is 1.21 bits per heavy atom. The van der Waals surface area contributed by atoms with Gasteiger partial charge < -0.3 is 16.2 Å². The number of allylic oxidation sites excluding steroid dienone is 1. The smallest absolute Gasteiger partial charge is 0.248 e. The Bertz CT molecular complexity index is 1040. The number of thioether (sulfide) groups is 1.